The number of hydrogen-bond acceptors (Lipinski definition) is 3. The fraction of sp³-hybridized carbons (Fsp3) is 0.714. The zero-order valence-electron chi connectivity index (χ0n) is 16.5. The lowest BCUT2D eigenvalue weighted by Gasteiger charge is -2.34. The van der Waals surface area contributed by atoms with Crippen LogP contribution in [0.3, 0.4) is 0 Å². The SMILES string of the molecule is Cc1cccc(=O)n1CCC(=O)N1CCCN(CC2CC2)[C@H](C(C)C)C1. The summed E-state index contributed by atoms with van der Waals surface area (Å²) in [6.45, 7) is 10.9. The van der Waals surface area contributed by atoms with Crippen molar-refractivity contribution in [2.75, 3.05) is 26.2 Å². The van der Waals surface area contributed by atoms with E-state index in [1.54, 1.807) is 16.7 Å². The summed E-state index contributed by atoms with van der Waals surface area (Å²) in [6, 6.07) is 5.70. The van der Waals surface area contributed by atoms with Gasteiger partial charge < -0.3 is 9.47 Å². The first kappa shape index (κ1) is 19.2. The van der Waals surface area contributed by atoms with Gasteiger partial charge in [-0.25, -0.2) is 0 Å². The molecule has 2 fully saturated rings. The Morgan fingerprint density at radius 3 is 2.65 bits per heavy atom. The highest BCUT2D eigenvalue weighted by atomic mass is 16.2. The quantitative estimate of drug-likeness (QED) is 0.784. The number of carbonyl (C=O) groups is 1. The molecule has 2 heterocycles. The second-order valence-corrected chi connectivity index (χ2v) is 8.35. The van der Waals surface area contributed by atoms with Gasteiger partial charge in [-0.1, -0.05) is 19.9 Å². The first-order chi connectivity index (χ1) is 12.5. The van der Waals surface area contributed by atoms with Crippen molar-refractivity contribution >= 4 is 5.91 Å². The smallest absolute Gasteiger partial charge is 0.250 e. The number of carbonyl (C=O) groups excluding carboxylic acids is 1. The maximum Gasteiger partial charge on any atom is 0.250 e. The average Bonchev–Trinajstić information content (AvgIpc) is 3.41. The summed E-state index contributed by atoms with van der Waals surface area (Å²) < 4.78 is 1.70. The zero-order chi connectivity index (χ0) is 18.7. The largest absolute Gasteiger partial charge is 0.341 e. The van der Waals surface area contributed by atoms with Crippen LogP contribution in [0.15, 0.2) is 23.0 Å². The van der Waals surface area contributed by atoms with Crippen molar-refractivity contribution in [2.45, 2.75) is 59.0 Å². The molecule has 0 radical (unpaired) electrons. The van der Waals surface area contributed by atoms with E-state index in [2.05, 4.69) is 18.7 Å². The van der Waals surface area contributed by atoms with E-state index in [9.17, 15) is 9.59 Å². The van der Waals surface area contributed by atoms with Crippen molar-refractivity contribution in [1.82, 2.24) is 14.4 Å². The van der Waals surface area contributed by atoms with Gasteiger partial charge in [0.15, 0.2) is 0 Å². The van der Waals surface area contributed by atoms with E-state index >= 15 is 0 Å². The molecule has 2 aliphatic rings. The molecule has 1 amide bonds. The van der Waals surface area contributed by atoms with Crippen LogP contribution in [0.2, 0.25) is 0 Å². The number of pyridine rings is 1. The van der Waals surface area contributed by atoms with Gasteiger partial charge in [0.25, 0.3) is 5.56 Å². The van der Waals surface area contributed by atoms with Crippen LogP contribution in [0.25, 0.3) is 0 Å². The van der Waals surface area contributed by atoms with E-state index in [1.165, 1.54) is 19.4 Å². The lowest BCUT2D eigenvalue weighted by Crippen LogP contribution is -2.46. The third kappa shape index (κ3) is 4.76. The maximum atomic E-state index is 12.8. The standard InChI is InChI=1S/C21H33N3O2/c1-16(2)19-15-23(12-5-11-22(19)14-18-8-9-18)20(25)10-13-24-17(3)6-4-7-21(24)26/h4,6-7,16,18-19H,5,8-15H2,1-3H3/t19-/m0/s1. The summed E-state index contributed by atoms with van der Waals surface area (Å²) in [6.07, 6.45) is 4.19. The van der Waals surface area contributed by atoms with Gasteiger partial charge in [-0.2, -0.15) is 0 Å². The highest BCUT2D eigenvalue weighted by Crippen LogP contribution is 2.31. The molecule has 5 nitrogen and oxygen atoms in total. The summed E-state index contributed by atoms with van der Waals surface area (Å²) >= 11 is 0. The Bertz CT molecular complexity index is 678. The van der Waals surface area contributed by atoms with Crippen molar-refractivity contribution in [3.63, 3.8) is 0 Å². The van der Waals surface area contributed by atoms with Crippen LogP contribution < -0.4 is 5.56 Å². The second-order valence-electron chi connectivity index (χ2n) is 8.35. The average molecular weight is 360 g/mol. The van der Waals surface area contributed by atoms with E-state index in [4.69, 9.17) is 0 Å². The summed E-state index contributed by atoms with van der Waals surface area (Å²) in [5.74, 6) is 1.60. The molecule has 26 heavy (non-hydrogen) atoms. The molecule has 1 atom stereocenters. The molecule has 0 N–H and O–H groups in total. The second kappa shape index (κ2) is 8.38. The molecule has 1 saturated carbocycles. The van der Waals surface area contributed by atoms with Crippen LogP contribution in [0.1, 0.15) is 45.2 Å². The van der Waals surface area contributed by atoms with E-state index < -0.39 is 0 Å². The van der Waals surface area contributed by atoms with E-state index in [-0.39, 0.29) is 11.5 Å². The number of amides is 1. The van der Waals surface area contributed by atoms with Gasteiger partial charge in [-0.3, -0.25) is 14.5 Å². The molecule has 3 rings (SSSR count). The van der Waals surface area contributed by atoms with Gasteiger partial charge in [0.1, 0.15) is 0 Å². The monoisotopic (exact) mass is 359 g/mol. The van der Waals surface area contributed by atoms with Crippen LogP contribution in [-0.4, -0.2) is 52.5 Å². The van der Waals surface area contributed by atoms with Crippen LogP contribution in [0, 0.1) is 18.8 Å². The van der Waals surface area contributed by atoms with Gasteiger partial charge >= 0.3 is 0 Å². The van der Waals surface area contributed by atoms with Crippen LogP contribution in [0.5, 0.6) is 0 Å². The van der Waals surface area contributed by atoms with Crippen molar-refractivity contribution in [3.8, 4) is 0 Å². The molecule has 0 spiro atoms. The van der Waals surface area contributed by atoms with Crippen LogP contribution in [0.4, 0.5) is 0 Å². The fourth-order valence-electron chi connectivity index (χ4n) is 4.06. The van der Waals surface area contributed by atoms with Gasteiger partial charge in [0.2, 0.25) is 5.91 Å². The number of rotatable bonds is 6. The minimum atomic E-state index is -0.0238. The van der Waals surface area contributed by atoms with Crippen molar-refractivity contribution in [3.05, 3.63) is 34.2 Å². The maximum absolute atomic E-state index is 12.8. The van der Waals surface area contributed by atoms with Gasteiger partial charge in [-0.15, -0.1) is 0 Å². The van der Waals surface area contributed by atoms with Gasteiger partial charge in [0, 0.05) is 56.9 Å². The first-order valence-corrected chi connectivity index (χ1v) is 10.1. The molecule has 144 valence electrons. The molecule has 1 saturated heterocycles. The Morgan fingerprint density at radius 2 is 2.00 bits per heavy atom. The molecule has 1 aromatic rings. The Labute approximate surface area is 157 Å². The summed E-state index contributed by atoms with van der Waals surface area (Å²) in [7, 11) is 0. The topological polar surface area (TPSA) is 45.6 Å². The van der Waals surface area contributed by atoms with Crippen molar-refractivity contribution in [2.24, 2.45) is 11.8 Å². The Balaban J connectivity index is 1.62. The van der Waals surface area contributed by atoms with E-state index in [1.807, 2.05) is 17.9 Å². The lowest BCUT2D eigenvalue weighted by atomic mass is 10.0. The van der Waals surface area contributed by atoms with Crippen molar-refractivity contribution < 1.29 is 4.79 Å². The van der Waals surface area contributed by atoms with Gasteiger partial charge in [-0.05, 0) is 44.1 Å². The molecule has 5 heteroatoms. The summed E-state index contributed by atoms with van der Waals surface area (Å²) in [5.41, 5.74) is 0.890. The Kier molecular flexibility index (Phi) is 6.17. The predicted octanol–water partition coefficient (Wildman–Crippen LogP) is 2.52. The molecule has 0 unspecified atom stereocenters. The normalized spacial score (nSPS) is 21.8. The lowest BCUT2D eigenvalue weighted by molar-refractivity contribution is -0.132. The fourth-order valence-corrected chi connectivity index (χ4v) is 4.06. The summed E-state index contributed by atoms with van der Waals surface area (Å²) in [5, 5.41) is 0. The van der Waals surface area contributed by atoms with E-state index in [0.29, 0.717) is 24.9 Å². The molecular formula is C21H33N3O2. The molecule has 1 aromatic heterocycles. The Hall–Kier alpha value is -1.62. The van der Waals surface area contributed by atoms with Crippen LogP contribution >= 0.6 is 0 Å². The molecule has 0 aromatic carbocycles. The third-order valence-electron chi connectivity index (χ3n) is 5.88. The zero-order valence-corrected chi connectivity index (χ0v) is 16.5. The molecule has 1 aliphatic carbocycles. The highest BCUT2D eigenvalue weighted by molar-refractivity contribution is 5.76. The third-order valence-corrected chi connectivity index (χ3v) is 5.88. The minimum absolute atomic E-state index is 0.0238. The number of aryl methyl sites for hydroxylation is 1. The highest BCUT2D eigenvalue weighted by Gasteiger charge is 2.33. The number of aromatic nitrogens is 1. The predicted molar refractivity (Wildman–Crippen MR) is 104 cm³/mol. The van der Waals surface area contributed by atoms with Crippen LogP contribution in [-0.2, 0) is 11.3 Å². The van der Waals surface area contributed by atoms with E-state index in [0.717, 1.165) is 37.7 Å². The van der Waals surface area contributed by atoms with Gasteiger partial charge in [0.05, 0.1) is 0 Å². The minimum Gasteiger partial charge on any atom is -0.341 e. The summed E-state index contributed by atoms with van der Waals surface area (Å²) in [4.78, 5) is 29.5. The first-order valence-electron chi connectivity index (χ1n) is 10.1. The molecular weight excluding hydrogens is 326 g/mol. The molecule has 1 aliphatic heterocycles. The van der Waals surface area contributed by atoms with Crippen molar-refractivity contribution in [1.29, 1.82) is 0 Å². The number of nitrogens with zero attached hydrogens (tertiary/aromatic N) is 3. The number of hydrogen-bond donors (Lipinski definition) is 0. The Morgan fingerprint density at radius 1 is 1.23 bits per heavy atom. The molecule has 0 bridgehead atoms.